The smallest absolute Gasteiger partial charge is 0.201 e. The molecule has 2 rings (SSSR count). The predicted octanol–water partition coefficient (Wildman–Crippen LogP) is 2.77. The fourth-order valence-electron chi connectivity index (χ4n) is 1.25. The van der Waals surface area contributed by atoms with Crippen molar-refractivity contribution >= 4 is 26.7 Å². The molecule has 0 saturated carbocycles. The molecular formula is C11H15N3S. The monoisotopic (exact) mass is 221 g/mol. The van der Waals surface area contributed by atoms with Crippen molar-refractivity contribution in [1.82, 2.24) is 4.98 Å². The van der Waals surface area contributed by atoms with Crippen molar-refractivity contribution in [2.75, 3.05) is 5.01 Å². The first kappa shape index (κ1) is 10.4. The van der Waals surface area contributed by atoms with Crippen LogP contribution in [0.15, 0.2) is 24.3 Å². The molecule has 0 unspecified atom stereocenters. The Morgan fingerprint density at radius 3 is 2.53 bits per heavy atom. The number of rotatable bonds is 1. The van der Waals surface area contributed by atoms with Crippen LogP contribution in [0.2, 0.25) is 0 Å². The third-order valence-corrected chi connectivity index (χ3v) is 3.25. The molecule has 80 valence electrons. The van der Waals surface area contributed by atoms with Gasteiger partial charge < -0.3 is 0 Å². The molecule has 0 radical (unpaired) electrons. The van der Waals surface area contributed by atoms with Gasteiger partial charge in [0, 0.05) is 0 Å². The van der Waals surface area contributed by atoms with Crippen LogP contribution in [0.25, 0.3) is 10.2 Å². The van der Waals surface area contributed by atoms with Gasteiger partial charge in [0.05, 0.1) is 15.8 Å². The van der Waals surface area contributed by atoms with Gasteiger partial charge in [0.15, 0.2) is 0 Å². The molecule has 0 bridgehead atoms. The maximum Gasteiger partial charge on any atom is 0.201 e. The summed E-state index contributed by atoms with van der Waals surface area (Å²) in [5.74, 6) is 6.02. The van der Waals surface area contributed by atoms with Gasteiger partial charge in [-0.05, 0) is 32.9 Å². The van der Waals surface area contributed by atoms with Crippen molar-refractivity contribution in [2.45, 2.75) is 26.3 Å². The Morgan fingerprint density at radius 1 is 1.27 bits per heavy atom. The minimum absolute atomic E-state index is 0.103. The van der Waals surface area contributed by atoms with Crippen LogP contribution in [0.1, 0.15) is 20.8 Å². The molecule has 0 aliphatic rings. The van der Waals surface area contributed by atoms with Gasteiger partial charge in [-0.25, -0.2) is 10.8 Å². The second kappa shape index (κ2) is 3.47. The second-order valence-electron chi connectivity index (χ2n) is 4.50. The van der Waals surface area contributed by atoms with E-state index in [-0.39, 0.29) is 5.54 Å². The van der Waals surface area contributed by atoms with Crippen LogP contribution in [-0.4, -0.2) is 10.5 Å². The number of hydrogen-bond acceptors (Lipinski definition) is 4. The van der Waals surface area contributed by atoms with Gasteiger partial charge in [-0.1, -0.05) is 23.5 Å². The molecule has 2 N–H and O–H groups in total. The Labute approximate surface area is 93.5 Å². The molecule has 4 heteroatoms. The zero-order chi connectivity index (χ0) is 11.1. The van der Waals surface area contributed by atoms with E-state index in [4.69, 9.17) is 5.84 Å². The number of nitrogens with two attached hydrogens (primary N) is 1. The van der Waals surface area contributed by atoms with E-state index in [0.29, 0.717) is 0 Å². The summed E-state index contributed by atoms with van der Waals surface area (Å²) < 4.78 is 1.17. The SMILES string of the molecule is CC(C)(C)N(N)c1nc2ccccc2s1. The number of fused-ring (bicyclic) bond motifs is 1. The van der Waals surface area contributed by atoms with Crippen LogP contribution in [0, 0.1) is 0 Å². The van der Waals surface area contributed by atoms with Gasteiger partial charge >= 0.3 is 0 Å². The lowest BCUT2D eigenvalue weighted by Crippen LogP contribution is -2.46. The van der Waals surface area contributed by atoms with Crippen LogP contribution in [0.3, 0.4) is 0 Å². The van der Waals surface area contributed by atoms with Gasteiger partial charge in [-0.2, -0.15) is 0 Å². The fraction of sp³-hybridized carbons (Fsp3) is 0.364. The first-order valence-corrected chi connectivity index (χ1v) is 5.70. The summed E-state index contributed by atoms with van der Waals surface area (Å²) in [5, 5.41) is 2.58. The van der Waals surface area contributed by atoms with Crippen molar-refractivity contribution in [3.63, 3.8) is 0 Å². The van der Waals surface area contributed by atoms with Crippen LogP contribution in [0.5, 0.6) is 0 Å². The molecule has 0 fully saturated rings. The molecule has 0 spiro atoms. The summed E-state index contributed by atoms with van der Waals surface area (Å²) in [6, 6.07) is 8.07. The summed E-state index contributed by atoms with van der Waals surface area (Å²) in [4.78, 5) is 4.50. The third kappa shape index (κ3) is 1.96. The lowest BCUT2D eigenvalue weighted by molar-refractivity contribution is 0.513. The molecule has 15 heavy (non-hydrogen) atoms. The predicted molar refractivity (Wildman–Crippen MR) is 66.0 cm³/mol. The van der Waals surface area contributed by atoms with Gasteiger partial charge in [0.1, 0.15) is 0 Å². The van der Waals surface area contributed by atoms with E-state index < -0.39 is 0 Å². The third-order valence-electron chi connectivity index (χ3n) is 2.21. The zero-order valence-electron chi connectivity index (χ0n) is 9.19. The fourth-order valence-corrected chi connectivity index (χ4v) is 2.33. The summed E-state index contributed by atoms with van der Waals surface area (Å²) in [7, 11) is 0. The zero-order valence-corrected chi connectivity index (χ0v) is 10.0. The average molecular weight is 221 g/mol. The minimum atomic E-state index is -0.103. The van der Waals surface area contributed by atoms with E-state index in [1.165, 1.54) is 4.70 Å². The van der Waals surface area contributed by atoms with Crippen LogP contribution in [-0.2, 0) is 0 Å². The highest BCUT2D eigenvalue weighted by molar-refractivity contribution is 7.22. The Kier molecular flexibility index (Phi) is 2.40. The van der Waals surface area contributed by atoms with Crippen molar-refractivity contribution in [3.8, 4) is 0 Å². The van der Waals surface area contributed by atoms with E-state index in [0.717, 1.165) is 10.6 Å². The number of thiazole rings is 1. The van der Waals surface area contributed by atoms with Crippen LogP contribution in [0.4, 0.5) is 5.13 Å². The van der Waals surface area contributed by atoms with Gasteiger partial charge in [-0.3, -0.25) is 5.01 Å². The number of anilines is 1. The largest absolute Gasteiger partial charge is 0.281 e. The Balaban J connectivity index is 2.45. The maximum absolute atomic E-state index is 6.02. The van der Waals surface area contributed by atoms with Crippen LogP contribution >= 0.6 is 11.3 Å². The Morgan fingerprint density at radius 2 is 1.93 bits per heavy atom. The van der Waals surface area contributed by atoms with Gasteiger partial charge in [-0.15, -0.1) is 0 Å². The van der Waals surface area contributed by atoms with Crippen molar-refractivity contribution in [1.29, 1.82) is 0 Å². The number of benzene rings is 1. The number of hydrogen-bond donors (Lipinski definition) is 1. The molecule has 3 nitrogen and oxygen atoms in total. The van der Waals surface area contributed by atoms with Crippen LogP contribution < -0.4 is 10.9 Å². The van der Waals surface area contributed by atoms with Gasteiger partial charge in [0.2, 0.25) is 5.13 Å². The number of para-hydroxylation sites is 1. The highest BCUT2D eigenvalue weighted by Crippen LogP contribution is 2.30. The summed E-state index contributed by atoms with van der Waals surface area (Å²) in [6.07, 6.45) is 0. The molecule has 0 aliphatic heterocycles. The number of aromatic nitrogens is 1. The summed E-state index contributed by atoms with van der Waals surface area (Å²) >= 11 is 1.62. The average Bonchev–Trinajstić information content (AvgIpc) is 2.58. The first-order valence-electron chi connectivity index (χ1n) is 4.89. The number of nitrogens with zero attached hydrogens (tertiary/aromatic N) is 2. The van der Waals surface area contributed by atoms with Gasteiger partial charge in [0.25, 0.3) is 0 Å². The molecular weight excluding hydrogens is 206 g/mol. The lowest BCUT2D eigenvalue weighted by Gasteiger charge is -2.30. The van der Waals surface area contributed by atoms with E-state index in [9.17, 15) is 0 Å². The van der Waals surface area contributed by atoms with Crippen molar-refractivity contribution < 1.29 is 0 Å². The van der Waals surface area contributed by atoms with E-state index in [1.807, 2.05) is 18.2 Å². The minimum Gasteiger partial charge on any atom is -0.281 e. The Hall–Kier alpha value is -1.13. The van der Waals surface area contributed by atoms with E-state index in [1.54, 1.807) is 16.3 Å². The molecule has 1 heterocycles. The number of hydrazine groups is 1. The summed E-state index contributed by atoms with van der Waals surface area (Å²) in [5.41, 5.74) is 0.908. The second-order valence-corrected chi connectivity index (χ2v) is 5.51. The standard InChI is InChI=1S/C11H15N3S/c1-11(2,3)14(12)10-13-8-6-4-5-7-9(8)15-10/h4-7H,12H2,1-3H3. The molecule has 0 saturated heterocycles. The topological polar surface area (TPSA) is 42.1 Å². The lowest BCUT2D eigenvalue weighted by atomic mass is 10.1. The highest BCUT2D eigenvalue weighted by Gasteiger charge is 2.21. The van der Waals surface area contributed by atoms with E-state index in [2.05, 4.69) is 31.8 Å². The molecule has 2 aromatic rings. The van der Waals surface area contributed by atoms with Crippen molar-refractivity contribution in [3.05, 3.63) is 24.3 Å². The highest BCUT2D eigenvalue weighted by atomic mass is 32.1. The Bertz CT molecular complexity index is 437. The van der Waals surface area contributed by atoms with Crippen molar-refractivity contribution in [2.24, 2.45) is 5.84 Å². The first-order chi connectivity index (χ1) is 6.98. The normalized spacial score (nSPS) is 12.0. The molecule has 1 aromatic heterocycles. The summed E-state index contributed by atoms with van der Waals surface area (Å²) in [6.45, 7) is 6.21. The quantitative estimate of drug-likeness (QED) is 0.594. The maximum atomic E-state index is 6.02. The van der Waals surface area contributed by atoms with E-state index >= 15 is 0 Å². The molecule has 0 aliphatic carbocycles. The molecule has 1 aromatic carbocycles. The molecule has 0 amide bonds. The molecule has 0 atom stereocenters.